The van der Waals surface area contributed by atoms with E-state index in [0.717, 1.165) is 27.6 Å². The van der Waals surface area contributed by atoms with Crippen LogP contribution >= 0.6 is 11.6 Å². The molecule has 0 spiro atoms. The van der Waals surface area contributed by atoms with Gasteiger partial charge in [0.05, 0.1) is 12.5 Å². The standard InChI is InChI=1S/C18H14ClFO/c1-21-17-9-6-13-10-15(3-2-14(13)11-17)18(19)12-4-7-16(20)8-5-12/h2-11,18H,1H3. The molecule has 21 heavy (non-hydrogen) atoms. The van der Waals surface area contributed by atoms with Crippen LogP contribution in [0.4, 0.5) is 4.39 Å². The first kappa shape index (κ1) is 13.9. The molecule has 3 aromatic carbocycles. The number of alkyl halides is 1. The third kappa shape index (κ3) is 2.86. The van der Waals surface area contributed by atoms with E-state index in [9.17, 15) is 4.39 Å². The van der Waals surface area contributed by atoms with Gasteiger partial charge < -0.3 is 4.74 Å². The second-order valence-corrected chi connectivity index (χ2v) is 5.32. The molecule has 0 aliphatic carbocycles. The van der Waals surface area contributed by atoms with Gasteiger partial charge in [-0.3, -0.25) is 0 Å². The molecule has 1 unspecified atom stereocenters. The molecule has 0 radical (unpaired) electrons. The topological polar surface area (TPSA) is 9.23 Å². The van der Waals surface area contributed by atoms with E-state index in [1.807, 2.05) is 30.3 Å². The molecular formula is C18H14ClFO. The zero-order valence-electron chi connectivity index (χ0n) is 11.5. The maximum atomic E-state index is 13.0. The molecule has 0 fully saturated rings. The van der Waals surface area contributed by atoms with Gasteiger partial charge in [-0.25, -0.2) is 4.39 Å². The second-order valence-electron chi connectivity index (χ2n) is 4.89. The van der Waals surface area contributed by atoms with Gasteiger partial charge in [0.25, 0.3) is 0 Å². The molecule has 0 amide bonds. The predicted molar refractivity (Wildman–Crippen MR) is 84.6 cm³/mol. The van der Waals surface area contributed by atoms with Crippen LogP contribution in [0, 0.1) is 5.82 Å². The van der Waals surface area contributed by atoms with E-state index in [1.165, 1.54) is 12.1 Å². The number of hydrogen-bond acceptors (Lipinski definition) is 1. The van der Waals surface area contributed by atoms with Crippen molar-refractivity contribution < 1.29 is 9.13 Å². The van der Waals surface area contributed by atoms with Crippen LogP contribution in [0.2, 0.25) is 0 Å². The Kier molecular flexibility index (Phi) is 3.80. The van der Waals surface area contributed by atoms with E-state index in [2.05, 4.69) is 6.07 Å². The third-order valence-corrected chi connectivity index (χ3v) is 4.03. The summed E-state index contributed by atoms with van der Waals surface area (Å²) in [5.74, 6) is 0.574. The first-order valence-corrected chi connectivity index (χ1v) is 7.08. The summed E-state index contributed by atoms with van der Waals surface area (Å²) in [7, 11) is 1.65. The predicted octanol–water partition coefficient (Wildman–Crippen LogP) is 5.32. The highest BCUT2D eigenvalue weighted by molar-refractivity contribution is 6.22. The summed E-state index contributed by atoms with van der Waals surface area (Å²) in [6.07, 6.45) is 0. The molecule has 0 aliphatic heterocycles. The highest BCUT2D eigenvalue weighted by Gasteiger charge is 2.11. The number of hydrogen-bond donors (Lipinski definition) is 0. The normalized spacial score (nSPS) is 12.3. The van der Waals surface area contributed by atoms with E-state index in [1.54, 1.807) is 19.2 Å². The van der Waals surface area contributed by atoms with Crippen molar-refractivity contribution in [2.75, 3.05) is 7.11 Å². The summed E-state index contributed by atoms with van der Waals surface area (Å²) >= 11 is 6.50. The fraction of sp³-hybridized carbons (Fsp3) is 0.111. The Labute approximate surface area is 127 Å². The molecule has 0 bridgehead atoms. The van der Waals surface area contributed by atoms with E-state index >= 15 is 0 Å². The molecule has 3 heteroatoms. The SMILES string of the molecule is COc1ccc2cc(C(Cl)c3ccc(F)cc3)ccc2c1. The molecule has 0 aromatic heterocycles. The third-order valence-electron chi connectivity index (χ3n) is 3.53. The van der Waals surface area contributed by atoms with Crippen LogP contribution < -0.4 is 4.74 Å². The average molecular weight is 301 g/mol. The Balaban J connectivity index is 1.98. The van der Waals surface area contributed by atoms with Crippen LogP contribution in [0.1, 0.15) is 16.5 Å². The summed E-state index contributed by atoms with van der Waals surface area (Å²) in [6, 6.07) is 18.3. The Morgan fingerprint density at radius 3 is 2.19 bits per heavy atom. The second kappa shape index (κ2) is 5.74. The Bertz CT molecular complexity index is 768. The maximum absolute atomic E-state index is 13.0. The van der Waals surface area contributed by atoms with Crippen LogP contribution in [0.15, 0.2) is 60.7 Å². The quantitative estimate of drug-likeness (QED) is 0.595. The summed E-state index contributed by atoms with van der Waals surface area (Å²) < 4.78 is 18.2. The highest BCUT2D eigenvalue weighted by Crippen LogP contribution is 2.31. The average Bonchev–Trinajstić information content (AvgIpc) is 2.54. The molecule has 106 valence electrons. The molecule has 0 saturated heterocycles. The summed E-state index contributed by atoms with van der Waals surface area (Å²) in [6.45, 7) is 0. The fourth-order valence-corrected chi connectivity index (χ4v) is 2.63. The molecule has 1 nitrogen and oxygen atoms in total. The molecule has 0 heterocycles. The van der Waals surface area contributed by atoms with Crippen LogP contribution in [-0.4, -0.2) is 7.11 Å². The van der Waals surface area contributed by atoms with E-state index in [4.69, 9.17) is 16.3 Å². The van der Waals surface area contributed by atoms with E-state index in [0.29, 0.717) is 0 Å². The number of rotatable bonds is 3. The minimum atomic E-state index is -0.294. The Morgan fingerprint density at radius 1 is 0.857 bits per heavy atom. The Hall–Kier alpha value is -2.06. The van der Waals surface area contributed by atoms with Crippen molar-refractivity contribution >= 4 is 22.4 Å². The van der Waals surface area contributed by atoms with E-state index in [-0.39, 0.29) is 11.2 Å². The minimum Gasteiger partial charge on any atom is -0.497 e. The van der Waals surface area contributed by atoms with Gasteiger partial charge in [-0.1, -0.05) is 30.3 Å². The lowest BCUT2D eigenvalue weighted by Gasteiger charge is -2.12. The van der Waals surface area contributed by atoms with Gasteiger partial charge in [0.1, 0.15) is 11.6 Å². The summed E-state index contributed by atoms with van der Waals surface area (Å²) in [5.41, 5.74) is 1.87. The number of methoxy groups -OCH3 is 1. The van der Waals surface area contributed by atoms with Gasteiger partial charge in [-0.15, -0.1) is 11.6 Å². The van der Waals surface area contributed by atoms with Gasteiger partial charge in [0.2, 0.25) is 0 Å². The lowest BCUT2D eigenvalue weighted by atomic mass is 10.0. The minimum absolute atomic E-state index is 0.256. The number of fused-ring (bicyclic) bond motifs is 1. The Morgan fingerprint density at radius 2 is 1.48 bits per heavy atom. The molecule has 3 aromatic rings. The maximum Gasteiger partial charge on any atom is 0.123 e. The van der Waals surface area contributed by atoms with Crippen LogP contribution in [0.3, 0.4) is 0 Å². The smallest absolute Gasteiger partial charge is 0.123 e. The van der Waals surface area contributed by atoms with Gasteiger partial charge >= 0.3 is 0 Å². The van der Waals surface area contributed by atoms with E-state index < -0.39 is 0 Å². The molecule has 0 N–H and O–H groups in total. The van der Waals surface area contributed by atoms with Crippen LogP contribution in [0.25, 0.3) is 10.8 Å². The van der Waals surface area contributed by atoms with Crippen LogP contribution in [-0.2, 0) is 0 Å². The number of benzene rings is 3. The van der Waals surface area contributed by atoms with Crippen molar-refractivity contribution in [2.45, 2.75) is 5.38 Å². The van der Waals surface area contributed by atoms with Gasteiger partial charge in [0.15, 0.2) is 0 Å². The van der Waals surface area contributed by atoms with Gasteiger partial charge in [-0.2, -0.15) is 0 Å². The monoisotopic (exact) mass is 300 g/mol. The molecular weight excluding hydrogens is 287 g/mol. The number of ether oxygens (including phenoxy) is 1. The van der Waals surface area contributed by atoms with Gasteiger partial charge in [-0.05, 0) is 52.2 Å². The van der Waals surface area contributed by atoms with Crippen molar-refractivity contribution in [1.82, 2.24) is 0 Å². The largest absolute Gasteiger partial charge is 0.497 e. The number of halogens is 2. The van der Waals surface area contributed by atoms with Crippen molar-refractivity contribution in [3.05, 3.63) is 77.6 Å². The lowest BCUT2D eigenvalue weighted by Crippen LogP contribution is -1.93. The van der Waals surface area contributed by atoms with Crippen molar-refractivity contribution in [3.8, 4) is 5.75 Å². The lowest BCUT2D eigenvalue weighted by molar-refractivity contribution is 0.415. The zero-order valence-corrected chi connectivity index (χ0v) is 12.3. The van der Waals surface area contributed by atoms with Crippen LogP contribution in [0.5, 0.6) is 5.75 Å². The summed E-state index contributed by atoms with van der Waals surface area (Å²) in [4.78, 5) is 0. The molecule has 1 atom stereocenters. The van der Waals surface area contributed by atoms with Gasteiger partial charge in [0, 0.05) is 0 Å². The molecule has 0 aliphatic rings. The first-order valence-electron chi connectivity index (χ1n) is 6.64. The first-order chi connectivity index (χ1) is 10.2. The van der Waals surface area contributed by atoms with Crippen molar-refractivity contribution in [3.63, 3.8) is 0 Å². The summed E-state index contributed by atoms with van der Waals surface area (Å²) in [5, 5.41) is 1.90. The van der Waals surface area contributed by atoms with Crippen molar-refractivity contribution in [1.29, 1.82) is 0 Å². The zero-order chi connectivity index (χ0) is 14.8. The molecule has 3 rings (SSSR count). The molecule has 0 saturated carbocycles. The fourth-order valence-electron chi connectivity index (χ4n) is 2.35. The highest BCUT2D eigenvalue weighted by atomic mass is 35.5. The van der Waals surface area contributed by atoms with Crippen molar-refractivity contribution in [2.24, 2.45) is 0 Å².